The number of nitrogens with zero attached hydrogens (tertiary/aromatic N) is 4. The molecule has 0 saturated carbocycles. The van der Waals surface area contributed by atoms with Gasteiger partial charge in [0.1, 0.15) is 5.82 Å². The highest BCUT2D eigenvalue weighted by Crippen LogP contribution is 2.36. The second kappa shape index (κ2) is 6.61. The summed E-state index contributed by atoms with van der Waals surface area (Å²) < 4.78 is 0. The molecule has 3 saturated heterocycles. The van der Waals surface area contributed by atoms with Crippen LogP contribution in [0.2, 0.25) is 0 Å². The van der Waals surface area contributed by atoms with Crippen molar-refractivity contribution in [2.75, 3.05) is 24.2 Å². The molecule has 2 atom stereocenters. The number of aryl methyl sites for hydroxylation is 1. The standard InChI is InChI=1S/C18H22N4OS2/c1-11-12(2)19-18(24-3)20-17(11)21-8-14-7-15(9-21)22(14)16(23)6-13-4-5-25-10-13/h4-5,10,14-15H,6-9H2,1-3H3. The molecule has 2 bridgehead atoms. The molecule has 2 unspecified atom stereocenters. The second-order valence-corrected chi connectivity index (χ2v) is 8.36. The largest absolute Gasteiger partial charge is 0.352 e. The second-order valence-electron chi connectivity index (χ2n) is 6.80. The Kier molecular flexibility index (Phi) is 4.45. The predicted molar refractivity (Wildman–Crippen MR) is 103 cm³/mol. The van der Waals surface area contributed by atoms with Crippen LogP contribution in [0.15, 0.2) is 22.0 Å². The third-order valence-corrected chi connectivity index (χ3v) is 6.52. The smallest absolute Gasteiger partial charge is 0.227 e. The Bertz CT molecular complexity index is 781. The number of piperidine rings is 1. The molecule has 25 heavy (non-hydrogen) atoms. The zero-order chi connectivity index (χ0) is 17.6. The topological polar surface area (TPSA) is 49.3 Å². The van der Waals surface area contributed by atoms with Gasteiger partial charge in [0.15, 0.2) is 5.16 Å². The molecule has 1 amide bonds. The first-order valence-electron chi connectivity index (χ1n) is 8.53. The van der Waals surface area contributed by atoms with E-state index < -0.39 is 0 Å². The van der Waals surface area contributed by atoms with Gasteiger partial charge in [-0.1, -0.05) is 11.8 Å². The van der Waals surface area contributed by atoms with E-state index in [4.69, 9.17) is 4.98 Å². The van der Waals surface area contributed by atoms with Gasteiger partial charge in [0.25, 0.3) is 0 Å². The lowest BCUT2D eigenvalue weighted by molar-refractivity contribution is -0.145. The molecule has 5 nitrogen and oxygen atoms in total. The van der Waals surface area contributed by atoms with E-state index in [1.54, 1.807) is 23.1 Å². The van der Waals surface area contributed by atoms with Crippen LogP contribution in [0, 0.1) is 13.8 Å². The minimum Gasteiger partial charge on any atom is -0.352 e. The molecule has 2 aromatic heterocycles. The van der Waals surface area contributed by atoms with Gasteiger partial charge in [0.05, 0.1) is 18.5 Å². The number of carbonyl (C=O) groups excluding carboxylic acids is 1. The Labute approximate surface area is 156 Å². The maximum absolute atomic E-state index is 12.7. The number of thiophene rings is 1. The van der Waals surface area contributed by atoms with E-state index in [1.165, 1.54) is 0 Å². The Hall–Kier alpha value is -1.60. The summed E-state index contributed by atoms with van der Waals surface area (Å²) in [4.78, 5) is 26.4. The van der Waals surface area contributed by atoms with E-state index >= 15 is 0 Å². The lowest BCUT2D eigenvalue weighted by atomic mass is 9.86. The van der Waals surface area contributed by atoms with E-state index in [9.17, 15) is 4.79 Å². The molecule has 0 N–H and O–H groups in total. The number of carbonyl (C=O) groups is 1. The van der Waals surface area contributed by atoms with Gasteiger partial charge in [-0.25, -0.2) is 9.97 Å². The Morgan fingerprint density at radius 1 is 1.32 bits per heavy atom. The first-order valence-corrected chi connectivity index (χ1v) is 10.7. The average molecular weight is 375 g/mol. The van der Waals surface area contributed by atoms with Crippen LogP contribution in [0.3, 0.4) is 0 Å². The third kappa shape index (κ3) is 3.04. The molecule has 132 valence electrons. The summed E-state index contributed by atoms with van der Waals surface area (Å²) in [6.07, 6.45) is 3.65. The summed E-state index contributed by atoms with van der Waals surface area (Å²) in [6.45, 7) is 5.88. The molecule has 5 heterocycles. The Morgan fingerprint density at radius 2 is 2.08 bits per heavy atom. The van der Waals surface area contributed by atoms with Gasteiger partial charge >= 0.3 is 0 Å². The number of fused-ring (bicyclic) bond motifs is 2. The van der Waals surface area contributed by atoms with Crippen LogP contribution in [0.4, 0.5) is 5.82 Å². The minimum atomic E-state index is 0.264. The number of rotatable bonds is 4. The maximum atomic E-state index is 12.7. The van der Waals surface area contributed by atoms with Crippen molar-refractivity contribution in [2.45, 2.75) is 43.9 Å². The SMILES string of the molecule is CSc1nc(C)c(C)c(N2CC3CC(C2)N3C(=O)Cc2ccsc2)n1. The summed E-state index contributed by atoms with van der Waals surface area (Å²) in [5.74, 6) is 1.30. The highest BCUT2D eigenvalue weighted by molar-refractivity contribution is 7.98. The summed E-state index contributed by atoms with van der Waals surface area (Å²) in [5.41, 5.74) is 3.32. The van der Waals surface area contributed by atoms with Crippen LogP contribution in [0.25, 0.3) is 0 Å². The number of amides is 1. The highest BCUT2D eigenvalue weighted by Gasteiger charge is 2.47. The normalized spacial score (nSPS) is 22.0. The Morgan fingerprint density at radius 3 is 2.72 bits per heavy atom. The van der Waals surface area contributed by atoms with Gasteiger partial charge in [0.2, 0.25) is 5.91 Å². The molecule has 3 aliphatic rings. The zero-order valence-corrected chi connectivity index (χ0v) is 16.4. The van der Waals surface area contributed by atoms with Crippen LogP contribution >= 0.6 is 23.1 Å². The Balaban J connectivity index is 1.48. The third-order valence-electron chi connectivity index (χ3n) is 5.24. The maximum Gasteiger partial charge on any atom is 0.227 e. The van der Waals surface area contributed by atoms with Gasteiger partial charge in [-0.2, -0.15) is 11.3 Å². The predicted octanol–water partition coefficient (Wildman–Crippen LogP) is 2.91. The first-order chi connectivity index (χ1) is 12.1. The van der Waals surface area contributed by atoms with Crippen molar-refractivity contribution < 1.29 is 4.79 Å². The number of piperazine rings is 1. The van der Waals surface area contributed by atoms with Crippen molar-refractivity contribution in [2.24, 2.45) is 0 Å². The van der Waals surface area contributed by atoms with E-state index in [2.05, 4.69) is 27.1 Å². The van der Waals surface area contributed by atoms with E-state index in [1.807, 2.05) is 24.6 Å². The summed E-state index contributed by atoms with van der Waals surface area (Å²) >= 11 is 3.23. The van der Waals surface area contributed by atoms with Gasteiger partial charge in [0, 0.05) is 24.3 Å². The van der Waals surface area contributed by atoms with E-state index in [0.717, 1.165) is 47.3 Å². The molecule has 2 aromatic rings. The quantitative estimate of drug-likeness (QED) is 0.608. The average Bonchev–Trinajstić information content (AvgIpc) is 3.09. The van der Waals surface area contributed by atoms with Crippen molar-refractivity contribution in [1.29, 1.82) is 0 Å². The monoisotopic (exact) mass is 374 g/mol. The summed E-state index contributed by atoms with van der Waals surface area (Å²) in [7, 11) is 0. The van der Waals surface area contributed by atoms with Crippen LogP contribution in [-0.4, -0.2) is 52.2 Å². The van der Waals surface area contributed by atoms with Crippen molar-refractivity contribution in [3.8, 4) is 0 Å². The van der Waals surface area contributed by atoms with Crippen molar-refractivity contribution in [3.05, 3.63) is 33.6 Å². The molecule has 0 spiro atoms. The number of aromatic nitrogens is 2. The van der Waals surface area contributed by atoms with E-state index in [-0.39, 0.29) is 5.91 Å². The zero-order valence-electron chi connectivity index (χ0n) is 14.7. The molecule has 7 heteroatoms. The van der Waals surface area contributed by atoms with Crippen LogP contribution in [0.1, 0.15) is 23.2 Å². The first kappa shape index (κ1) is 16.8. The van der Waals surface area contributed by atoms with Crippen LogP contribution in [-0.2, 0) is 11.2 Å². The van der Waals surface area contributed by atoms with Gasteiger partial charge in [-0.05, 0) is 48.9 Å². The number of anilines is 1. The molecule has 0 aliphatic carbocycles. The summed E-state index contributed by atoms with van der Waals surface area (Å²) in [6, 6.07) is 2.68. The minimum absolute atomic E-state index is 0.264. The van der Waals surface area contributed by atoms with Gasteiger partial charge < -0.3 is 9.80 Å². The molecule has 5 rings (SSSR count). The number of hydrogen-bond acceptors (Lipinski definition) is 6. The molecule has 0 radical (unpaired) electrons. The van der Waals surface area contributed by atoms with Crippen molar-refractivity contribution in [1.82, 2.24) is 14.9 Å². The fourth-order valence-corrected chi connectivity index (χ4v) is 4.91. The number of hydrogen-bond donors (Lipinski definition) is 0. The van der Waals surface area contributed by atoms with Crippen molar-refractivity contribution >= 4 is 34.8 Å². The lowest BCUT2D eigenvalue weighted by Gasteiger charge is -2.56. The van der Waals surface area contributed by atoms with Crippen LogP contribution < -0.4 is 4.90 Å². The highest BCUT2D eigenvalue weighted by atomic mass is 32.2. The molecular formula is C18H22N4OS2. The molecular weight excluding hydrogens is 352 g/mol. The molecule has 3 fully saturated rings. The van der Waals surface area contributed by atoms with Gasteiger partial charge in [-0.3, -0.25) is 4.79 Å². The fraction of sp³-hybridized carbons (Fsp3) is 0.500. The molecule has 3 aliphatic heterocycles. The fourth-order valence-electron chi connectivity index (χ4n) is 3.84. The van der Waals surface area contributed by atoms with Gasteiger partial charge in [-0.15, -0.1) is 0 Å². The van der Waals surface area contributed by atoms with Crippen LogP contribution in [0.5, 0.6) is 0 Å². The lowest BCUT2D eigenvalue weighted by Crippen LogP contribution is -2.70. The van der Waals surface area contributed by atoms with Crippen molar-refractivity contribution in [3.63, 3.8) is 0 Å². The number of thioether (sulfide) groups is 1. The summed E-state index contributed by atoms with van der Waals surface area (Å²) in [5, 5.41) is 4.92. The van der Waals surface area contributed by atoms with E-state index in [0.29, 0.717) is 18.5 Å². The molecule has 0 aromatic carbocycles.